The zero-order chi connectivity index (χ0) is 13.7. The Morgan fingerprint density at radius 2 is 1.80 bits per heavy atom. The van der Waals surface area contributed by atoms with E-state index in [-0.39, 0.29) is 11.8 Å². The van der Waals surface area contributed by atoms with Gasteiger partial charge in [-0.15, -0.1) is 0 Å². The normalized spacial score (nSPS) is 38.1. The molecule has 4 aliphatic rings. The Bertz CT molecular complexity index is 520. The first-order chi connectivity index (χ1) is 9.64. The van der Waals surface area contributed by atoms with E-state index in [4.69, 9.17) is 5.11 Å². The SMILES string of the molecule is O=C(O)Cc1cncnc1C12CC3CC(CC(C3)C1)C2. The molecular weight excluding hydrogens is 252 g/mol. The number of carbonyl (C=O) groups is 1. The quantitative estimate of drug-likeness (QED) is 0.918. The molecule has 20 heavy (non-hydrogen) atoms. The van der Waals surface area contributed by atoms with Gasteiger partial charge < -0.3 is 5.11 Å². The second-order valence-corrected chi connectivity index (χ2v) is 7.16. The highest BCUT2D eigenvalue weighted by Gasteiger charge is 2.52. The number of aliphatic carboxylic acids is 1. The summed E-state index contributed by atoms with van der Waals surface area (Å²) in [4.78, 5) is 19.7. The lowest BCUT2D eigenvalue weighted by Crippen LogP contribution is -2.49. The van der Waals surface area contributed by atoms with E-state index in [1.54, 1.807) is 12.5 Å². The predicted octanol–water partition coefficient (Wildman–Crippen LogP) is 2.57. The maximum Gasteiger partial charge on any atom is 0.307 e. The number of aromatic nitrogens is 2. The molecule has 0 atom stereocenters. The van der Waals surface area contributed by atoms with E-state index in [0.717, 1.165) is 29.0 Å². The third-order valence-corrected chi connectivity index (χ3v) is 5.67. The van der Waals surface area contributed by atoms with Gasteiger partial charge in [0.25, 0.3) is 0 Å². The van der Waals surface area contributed by atoms with Crippen LogP contribution in [0, 0.1) is 17.8 Å². The van der Waals surface area contributed by atoms with Gasteiger partial charge in [0, 0.05) is 17.2 Å². The number of hydrogen-bond donors (Lipinski definition) is 1. The Kier molecular flexibility index (Phi) is 2.63. The van der Waals surface area contributed by atoms with Gasteiger partial charge in [-0.2, -0.15) is 0 Å². The molecule has 5 rings (SSSR count). The summed E-state index contributed by atoms with van der Waals surface area (Å²) < 4.78 is 0. The van der Waals surface area contributed by atoms with Crippen molar-refractivity contribution in [3.8, 4) is 0 Å². The van der Waals surface area contributed by atoms with Gasteiger partial charge in [-0.1, -0.05) is 0 Å². The summed E-state index contributed by atoms with van der Waals surface area (Å²) in [5.41, 5.74) is 2.04. The predicted molar refractivity (Wildman–Crippen MR) is 73.2 cm³/mol. The van der Waals surface area contributed by atoms with Crippen molar-refractivity contribution in [1.82, 2.24) is 9.97 Å². The van der Waals surface area contributed by atoms with E-state index in [2.05, 4.69) is 9.97 Å². The van der Waals surface area contributed by atoms with E-state index in [1.807, 2.05) is 0 Å². The van der Waals surface area contributed by atoms with Crippen LogP contribution in [0.1, 0.15) is 49.8 Å². The fourth-order valence-corrected chi connectivity index (χ4v) is 5.53. The van der Waals surface area contributed by atoms with Gasteiger partial charge in [0.15, 0.2) is 0 Å². The second kappa shape index (κ2) is 4.27. The van der Waals surface area contributed by atoms with Crippen LogP contribution in [0.15, 0.2) is 12.5 Å². The molecule has 4 fully saturated rings. The molecule has 4 saturated carbocycles. The summed E-state index contributed by atoms with van der Waals surface area (Å²) in [6.07, 6.45) is 11.2. The Balaban J connectivity index is 1.75. The summed E-state index contributed by atoms with van der Waals surface area (Å²) in [6.45, 7) is 0. The number of carboxylic acids is 1. The van der Waals surface area contributed by atoms with Gasteiger partial charge in [0.05, 0.1) is 12.1 Å². The topological polar surface area (TPSA) is 63.1 Å². The van der Waals surface area contributed by atoms with E-state index >= 15 is 0 Å². The highest BCUT2D eigenvalue weighted by molar-refractivity contribution is 5.70. The lowest BCUT2D eigenvalue weighted by Gasteiger charge is -2.56. The van der Waals surface area contributed by atoms with Crippen LogP contribution in [0.25, 0.3) is 0 Å². The minimum Gasteiger partial charge on any atom is -0.481 e. The van der Waals surface area contributed by atoms with Crippen LogP contribution in [0.2, 0.25) is 0 Å². The highest BCUT2D eigenvalue weighted by Crippen LogP contribution is 2.60. The maximum atomic E-state index is 11.1. The monoisotopic (exact) mass is 272 g/mol. The van der Waals surface area contributed by atoms with Gasteiger partial charge in [-0.3, -0.25) is 4.79 Å². The molecular formula is C16H20N2O2. The average molecular weight is 272 g/mol. The molecule has 4 heteroatoms. The minimum absolute atomic E-state index is 0.0535. The van der Waals surface area contributed by atoms with Crippen LogP contribution >= 0.6 is 0 Å². The Labute approximate surface area is 118 Å². The molecule has 4 nitrogen and oxygen atoms in total. The lowest BCUT2D eigenvalue weighted by molar-refractivity contribution is -0.136. The van der Waals surface area contributed by atoms with Crippen molar-refractivity contribution in [3.63, 3.8) is 0 Å². The van der Waals surface area contributed by atoms with Crippen molar-refractivity contribution in [2.24, 2.45) is 17.8 Å². The van der Waals surface area contributed by atoms with Crippen molar-refractivity contribution in [2.45, 2.75) is 50.4 Å². The third-order valence-electron chi connectivity index (χ3n) is 5.67. The van der Waals surface area contributed by atoms with E-state index in [9.17, 15) is 4.79 Å². The van der Waals surface area contributed by atoms with Crippen molar-refractivity contribution in [1.29, 1.82) is 0 Å². The zero-order valence-corrected chi connectivity index (χ0v) is 11.6. The Morgan fingerprint density at radius 3 is 2.35 bits per heavy atom. The van der Waals surface area contributed by atoms with Crippen molar-refractivity contribution >= 4 is 5.97 Å². The second-order valence-electron chi connectivity index (χ2n) is 7.16. The number of carboxylic acid groups (broad SMARTS) is 1. The number of nitrogens with zero attached hydrogens (tertiary/aromatic N) is 2. The maximum absolute atomic E-state index is 11.1. The molecule has 0 aromatic carbocycles. The largest absolute Gasteiger partial charge is 0.481 e. The van der Waals surface area contributed by atoms with Crippen LogP contribution < -0.4 is 0 Å². The molecule has 0 aliphatic heterocycles. The molecule has 4 bridgehead atoms. The zero-order valence-electron chi connectivity index (χ0n) is 11.6. The summed E-state index contributed by atoms with van der Waals surface area (Å²) in [5, 5.41) is 9.12. The molecule has 0 unspecified atom stereocenters. The summed E-state index contributed by atoms with van der Waals surface area (Å²) in [5.74, 6) is 1.74. The molecule has 0 saturated heterocycles. The fourth-order valence-electron chi connectivity index (χ4n) is 5.53. The van der Waals surface area contributed by atoms with Crippen LogP contribution in [0.3, 0.4) is 0 Å². The van der Waals surface area contributed by atoms with Gasteiger partial charge in [-0.25, -0.2) is 9.97 Å². The van der Waals surface area contributed by atoms with Crippen LogP contribution in [-0.2, 0) is 16.6 Å². The highest BCUT2D eigenvalue weighted by atomic mass is 16.4. The summed E-state index contributed by atoms with van der Waals surface area (Å²) in [7, 11) is 0. The lowest BCUT2D eigenvalue weighted by atomic mass is 9.48. The first kappa shape index (κ1) is 12.3. The molecule has 1 heterocycles. The smallest absolute Gasteiger partial charge is 0.307 e. The molecule has 106 valence electrons. The number of rotatable bonds is 3. The Hall–Kier alpha value is -1.45. The van der Waals surface area contributed by atoms with Crippen LogP contribution in [0.4, 0.5) is 0 Å². The first-order valence-corrected chi connectivity index (χ1v) is 7.66. The van der Waals surface area contributed by atoms with Gasteiger partial charge in [0.1, 0.15) is 6.33 Å². The standard InChI is InChI=1S/C16H20N2O2/c19-14(20)4-13-8-17-9-18-15(13)16-5-10-1-11(6-16)3-12(2-10)7-16/h8-12H,1-7H2,(H,19,20). The summed E-state index contributed by atoms with van der Waals surface area (Å²) >= 11 is 0. The van der Waals surface area contributed by atoms with Crippen LogP contribution in [0.5, 0.6) is 0 Å². The van der Waals surface area contributed by atoms with Crippen molar-refractivity contribution < 1.29 is 9.90 Å². The molecule has 1 aromatic heterocycles. The number of hydrogen-bond acceptors (Lipinski definition) is 3. The van der Waals surface area contributed by atoms with Gasteiger partial charge in [-0.05, 0) is 56.3 Å². The first-order valence-electron chi connectivity index (χ1n) is 7.66. The molecule has 4 aliphatic carbocycles. The van der Waals surface area contributed by atoms with E-state index in [1.165, 1.54) is 38.5 Å². The molecule has 0 amide bonds. The van der Waals surface area contributed by atoms with Crippen molar-refractivity contribution in [3.05, 3.63) is 23.8 Å². The average Bonchev–Trinajstić information content (AvgIpc) is 2.36. The molecule has 0 radical (unpaired) electrons. The van der Waals surface area contributed by atoms with E-state index in [0.29, 0.717) is 0 Å². The summed E-state index contributed by atoms with van der Waals surface area (Å²) in [6, 6.07) is 0. The Morgan fingerprint density at radius 1 is 1.20 bits per heavy atom. The third kappa shape index (κ3) is 1.85. The molecule has 0 spiro atoms. The van der Waals surface area contributed by atoms with Gasteiger partial charge >= 0.3 is 5.97 Å². The molecule has 1 aromatic rings. The van der Waals surface area contributed by atoms with Crippen molar-refractivity contribution in [2.75, 3.05) is 0 Å². The molecule has 1 N–H and O–H groups in total. The van der Waals surface area contributed by atoms with Gasteiger partial charge in [0.2, 0.25) is 0 Å². The van der Waals surface area contributed by atoms with Crippen LogP contribution in [-0.4, -0.2) is 21.0 Å². The minimum atomic E-state index is -0.786. The fraction of sp³-hybridized carbons (Fsp3) is 0.688. The van der Waals surface area contributed by atoms with E-state index < -0.39 is 5.97 Å².